The minimum absolute atomic E-state index is 0.0472. The molecule has 1 aromatic rings. The number of hydrogen-bond donors (Lipinski definition) is 2. The van der Waals surface area contributed by atoms with Gasteiger partial charge >= 0.3 is 0 Å². The number of aromatic nitrogens is 1. The fourth-order valence-electron chi connectivity index (χ4n) is 2.70. The summed E-state index contributed by atoms with van der Waals surface area (Å²) >= 11 is 0. The zero-order chi connectivity index (χ0) is 12.7. The van der Waals surface area contributed by atoms with E-state index in [1.807, 2.05) is 0 Å². The summed E-state index contributed by atoms with van der Waals surface area (Å²) in [5.74, 6) is 0.596. The van der Waals surface area contributed by atoms with Crippen molar-refractivity contribution < 1.29 is 9.66 Å². The van der Waals surface area contributed by atoms with Crippen molar-refractivity contribution in [1.29, 1.82) is 0 Å². The second kappa shape index (κ2) is 4.09. The molecular weight excluding hydrogens is 236 g/mol. The lowest BCUT2D eigenvalue weighted by Crippen LogP contribution is -2.30. The topological polar surface area (TPSA) is 103 Å². The van der Waals surface area contributed by atoms with Gasteiger partial charge in [0.15, 0.2) is 0 Å². The number of ether oxygens (including phenoxy) is 1. The van der Waals surface area contributed by atoms with E-state index < -0.39 is 4.92 Å². The molecule has 0 saturated carbocycles. The summed E-state index contributed by atoms with van der Waals surface area (Å²) in [6.45, 7) is 0. The maximum Gasteiger partial charge on any atom is 0.276 e. The first-order valence-corrected chi connectivity index (χ1v) is 5.96. The zero-order valence-electron chi connectivity index (χ0n) is 9.70. The number of pyridine rings is 1. The third-order valence-electron chi connectivity index (χ3n) is 3.48. The van der Waals surface area contributed by atoms with Crippen LogP contribution in [-0.2, 0) is 4.74 Å². The molecule has 7 heteroatoms. The van der Waals surface area contributed by atoms with Gasteiger partial charge in [0, 0.05) is 0 Å². The Morgan fingerprint density at radius 3 is 2.94 bits per heavy atom. The molecule has 3 N–H and O–H groups in total. The van der Waals surface area contributed by atoms with Gasteiger partial charge in [0.2, 0.25) is 0 Å². The molecule has 3 rings (SSSR count). The standard InChI is InChI=1S/C11H14N4O3/c12-10-3-6(15(16)17)4-11(14-10)13-8-5-7-1-2-9(8)18-7/h3-4,7-9H,1-2,5H2,(H3,12,13,14). The average Bonchev–Trinajstić information content (AvgIpc) is 2.90. The van der Waals surface area contributed by atoms with Crippen LogP contribution in [0.3, 0.4) is 0 Å². The predicted octanol–water partition coefficient (Wildman–Crippen LogP) is 1.30. The molecule has 0 aromatic carbocycles. The van der Waals surface area contributed by atoms with Crippen molar-refractivity contribution in [2.45, 2.75) is 37.5 Å². The smallest absolute Gasteiger partial charge is 0.276 e. The summed E-state index contributed by atoms with van der Waals surface area (Å²) in [6.07, 6.45) is 3.58. The van der Waals surface area contributed by atoms with Gasteiger partial charge in [-0.1, -0.05) is 0 Å². The largest absolute Gasteiger partial charge is 0.383 e. The Hall–Kier alpha value is -1.89. The van der Waals surface area contributed by atoms with Crippen LogP contribution in [0.25, 0.3) is 0 Å². The molecule has 3 atom stereocenters. The number of nitrogen functional groups attached to an aromatic ring is 1. The molecule has 2 aliphatic rings. The van der Waals surface area contributed by atoms with Crippen molar-refractivity contribution in [3.05, 3.63) is 22.2 Å². The van der Waals surface area contributed by atoms with Gasteiger partial charge in [0.05, 0.1) is 35.3 Å². The van der Waals surface area contributed by atoms with Crippen LogP contribution in [0.2, 0.25) is 0 Å². The number of rotatable bonds is 3. The van der Waals surface area contributed by atoms with E-state index in [0.717, 1.165) is 19.3 Å². The highest BCUT2D eigenvalue weighted by Gasteiger charge is 2.40. The molecule has 0 amide bonds. The van der Waals surface area contributed by atoms with E-state index >= 15 is 0 Å². The number of hydrogen-bond acceptors (Lipinski definition) is 6. The van der Waals surface area contributed by atoms with Crippen molar-refractivity contribution in [1.82, 2.24) is 4.98 Å². The first kappa shape index (κ1) is 11.2. The van der Waals surface area contributed by atoms with Crippen molar-refractivity contribution in [3.63, 3.8) is 0 Å². The molecule has 1 aromatic heterocycles. The van der Waals surface area contributed by atoms with E-state index in [9.17, 15) is 10.1 Å². The number of fused-ring (bicyclic) bond motifs is 2. The maximum atomic E-state index is 10.7. The Bertz CT molecular complexity index is 493. The van der Waals surface area contributed by atoms with Gasteiger partial charge in [0.25, 0.3) is 5.69 Å². The fraction of sp³-hybridized carbons (Fsp3) is 0.545. The number of anilines is 2. The maximum absolute atomic E-state index is 10.7. The first-order valence-electron chi connectivity index (χ1n) is 5.96. The summed E-state index contributed by atoms with van der Waals surface area (Å²) in [7, 11) is 0. The molecule has 7 nitrogen and oxygen atoms in total. The van der Waals surface area contributed by atoms with Crippen molar-refractivity contribution in [2.75, 3.05) is 11.1 Å². The van der Waals surface area contributed by atoms with Gasteiger partial charge in [-0.3, -0.25) is 10.1 Å². The van der Waals surface area contributed by atoms with Crippen LogP contribution in [-0.4, -0.2) is 28.2 Å². The number of nitro groups is 1. The molecule has 0 spiro atoms. The van der Waals surface area contributed by atoms with Crippen molar-refractivity contribution in [3.8, 4) is 0 Å². The van der Waals surface area contributed by atoms with Gasteiger partial charge in [-0.2, -0.15) is 0 Å². The van der Waals surface area contributed by atoms with Crippen LogP contribution in [0.15, 0.2) is 12.1 Å². The van der Waals surface area contributed by atoms with Crippen molar-refractivity contribution >= 4 is 17.3 Å². The average molecular weight is 250 g/mol. The Labute approximate surface area is 103 Å². The summed E-state index contributed by atoms with van der Waals surface area (Å²) in [4.78, 5) is 14.3. The van der Waals surface area contributed by atoms with Gasteiger partial charge < -0.3 is 15.8 Å². The quantitative estimate of drug-likeness (QED) is 0.619. The minimum Gasteiger partial charge on any atom is -0.383 e. The monoisotopic (exact) mass is 250 g/mol. The fourth-order valence-corrected chi connectivity index (χ4v) is 2.70. The highest BCUT2D eigenvalue weighted by molar-refractivity contribution is 5.53. The summed E-state index contributed by atoms with van der Waals surface area (Å²) in [5, 5.41) is 13.9. The number of nitrogens with one attached hydrogen (secondary N) is 1. The summed E-state index contributed by atoms with van der Waals surface area (Å²) in [5.41, 5.74) is 5.51. The third kappa shape index (κ3) is 1.97. The molecule has 3 unspecified atom stereocenters. The van der Waals surface area contributed by atoms with E-state index in [1.54, 1.807) is 0 Å². The Morgan fingerprint density at radius 1 is 1.50 bits per heavy atom. The first-order chi connectivity index (χ1) is 8.61. The SMILES string of the molecule is Nc1cc([N+](=O)[O-])cc(NC2CC3CCC2O3)n1. The van der Waals surface area contributed by atoms with E-state index in [4.69, 9.17) is 10.5 Å². The Morgan fingerprint density at radius 2 is 2.33 bits per heavy atom. The Kier molecular flexibility index (Phi) is 2.55. The molecule has 96 valence electrons. The van der Waals surface area contributed by atoms with Gasteiger partial charge in [0.1, 0.15) is 11.6 Å². The van der Waals surface area contributed by atoms with E-state index in [1.165, 1.54) is 12.1 Å². The highest BCUT2D eigenvalue weighted by Crippen LogP contribution is 2.36. The molecule has 0 aliphatic carbocycles. The van der Waals surface area contributed by atoms with Crippen LogP contribution in [0, 0.1) is 10.1 Å². The van der Waals surface area contributed by atoms with Crippen LogP contribution < -0.4 is 11.1 Å². The molecule has 2 aliphatic heterocycles. The normalized spacial score (nSPS) is 29.4. The van der Waals surface area contributed by atoms with Crippen molar-refractivity contribution in [2.24, 2.45) is 0 Å². The summed E-state index contributed by atoms with van der Waals surface area (Å²) < 4.78 is 5.71. The zero-order valence-corrected chi connectivity index (χ0v) is 9.70. The van der Waals surface area contributed by atoms with E-state index in [-0.39, 0.29) is 23.7 Å². The molecule has 2 saturated heterocycles. The molecule has 2 fully saturated rings. The lowest BCUT2D eigenvalue weighted by molar-refractivity contribution is -0.384. The van der Waals surface area contributed by atoms with Gasteiger partial charge in [-0.25, -0.2) is 4.98 Å². The number of nitrogens with two attached hydrogens (primary N) is 1. The second-order valence-electron chi connectivity index (χ2n) is 4.75. The second-order valence-corrected chi connectivity index (χ2v) is 4.75. The predicted molar refractivity (Wildman–Crippen MR) is 65.2 cm³/mol. The van der Waals surface area contributed by atoms with Crippen LogP contribution in [0.4, 0.5) is 17.3 Å². The Balaban J connectivity index is 1.78. The van der Waals surface area contributed by atoms with E-state index in [0.29, 0.717) is 11.9 Å². The lowest BCUT2D eigenvalue weighted by atomic mass is 9.95. The van der Waals surface area contributed by atoms with Gasteiger partial charge in [-0.15, -0.1) is 0 Å². The molecule has 2 bridgehead atoms. The summed E-state index contributed by atoms with van der Waals surface area (Å²) in [6, 6.07) is 2.84. The van der Waals surface area contributed by atoms with Gasteiger partial charge in [-0.05, 0) is 19.3 Å². The van der Waals surface area contributed by atoms with Crippen LogP contribution in [0.5, 0.6) is 0 Å². The molecule has 0 radical (unpaired) electrons. The highest BCUT2D eigenvalue weighted by atomic mass is 16.6. The molecular formula is C11H14N4O3. The minimum atomic E-state index is -0.472. The number of nitrogens with zero attached hydrogens (tertiary/aromatic N) is 2. The third-order valence-corrected chi connectivity index (χ3v) is 3.48. The van der Waals surface area contributed by atoms with Crippen LogP contribution in [0.1, 0.15) is 19.3 Å². The van der Waals surface area contributed by atoms with Crippen LogP contribution >= 0.6 is 0 Å². The lowest BCUT2D eigenvalue weighted by Gasteiger charge is -2.20. The molecule has 3 heterocycles. The van der Waals surface area contributed by atoms with E-state index in [2.05, 4.69) is 10.3 Å². The molecule has 18 heavy (non-hydrogen) atoms.